The molecule has 0 atom stereocenters. The number of halogens is 2. The molecule has 0 saturated carbocycles. The molecule has 1 amide bonds. The molecule has 1 heterocycles. The van der Waals surface area contributed by atoms with Crippen molar-refractivity contribution in [3.8, 4) is 0 Å². The Labute approximate surface area is 121 Å². The maximum Gasteiger partial charge on any atom is 0.261 e. The number of nitrogens with two attached hydrogens (primary N) is 1. The normalized spacial score (nSPS) is 13.9. The van der Waals surface area contributed by atoms with E-state index in [4.69, 9.17) is 5.73 Å². The molecule has 2 aromatic carbocycles. The summed E-state index contributed by atoms with van der Waals surface area (Å²) in [7, 11) is 0. The van der Waals surface area contributed by atoms with Crippen LogP contribution in [0.2, 0.25) is 0 Å². The maximum absolute atomic E-state index is 13.8. The van der Waals surface area contributed by atoms with Crippen LogP contribution < -0.4 is 10.6 Å². The van der Waals surface area contributed by atoms with Crippen LogP contribution in [0.15, 0.2) is 36.4 Å². The Balaban J connectivity index is 2.02. The number of amides is 1. The summed E-state index contributed by atoms with van der Waals surface area (Å²) in [4.78, 5) is 14.0. The van der Waals surface area contributed by atoms with Gasteiger partial charge in [0.2, 0.25) is 0 Å². The highest BCUT2D eigenvalue weighted by Crippen LogP contribution is 2.30. The summed E-state index contributed by atoms with van der Waals surface area (Å²) in [6.45, 7) is 0.478. The van der Waals surface area contributed by atoms with Crippen LogP contribution in [0.1, 0.15) is 22.3 Å². The van der Waals surface area contributed by atoms with E-state index in [1.165, 1.54) is 4.90 Å². The van der Waals surface area contributed by atoms with Crippen molar-refractivity contribution in [1.29, 1.82) is 0 Å². The molecule has 0 radical (unpaired) electrons. The average Bonchev–Trinajstić information content (AvgIpc) is 2.48. The van der Waals surface area contributed by atoms with Crippen molar-refractivity contribution in [1.82, 2.24) is 0 Å². The van der Waals surface area contributed by atoms with Gasteiger partial charge in [0.1, 0.15) is 11.6 Å². The molecule has 2 N–H and O–H groups in total. The fourth-order valence-corrected chi connectivity index (χ4v) is 2.63. The number of carbonyl (C=O) groups excluding carboxylic acids is 1. The lowest BCUT2D eigenvalue weighted by atomic mass is 10.00. The number of nitrogen functional groups attached to an aromatic ring is 1. The first-order valence-corrected chi connectivity index (χ1v) is 6.71. The summed E-state index contributed by atoms with van der Waals surface area (Å²) < 4.78 is 27.1. The number of rotatable bonds is 1. The average molecular weight is 288 g/mol. The smallest absolute Gasteiger partial charge is 0.261 e. The molecule has 0 spiro atoms. The lowest BCUT2D eigenvalue weighted by molar-refractivity contribution is 0.0980. The maximum atomic E-state index is 13.8. The fourth-order valence-electron chi connectivity index (χ4n) is 2.63. The van der Waals surface area contributed by atoms with E-state index in [2.05, 4.69) is 0 Å². The Morgan fingerprint density at radius 1 is 1.14 bits per heavy atom. The summed E-state index contributed by atoms with van der Waals surface area (Å²) in [6.07, 6.45) is 1.58. The van der Waals surface area contributed by atoms with Crippen molar-refractivity contribution in [3.05, 3.63) is 59.2 Å². The molecule has 21 heavy (non-hydrogen) atoms. The van der Waals surface area contributed by atoms with Crippen molar-refractivity contribution < 1.29 is 13.6 Å². The van der Waals surface area contributed by atoms with Crippen molar-refractivity contribution in [2.75, 3.05) is 17.2 Å². The summed E-state index contributed by atoms with van der Waals surface area (Å²) in [5.74, 6) is -1.88. The molecule has 0 saturated heterocycles. The zero-order valence-electron chi connectivity index (χ0n) is 11.3. The second-order valence-electron chi connectivity index (χ2n) is 5.07. The number of aryl methyl sites for hydroxylation is 1. The highest BCUT2D eigenvalue weighted by atomic mass is 19.1. The van der Waals surface area contributed by atoms with E-state index in [9.17, 15) is 13.6 Å². The van der Waals surface area contributed by atoms with Gasteiger partial charge >= 0.3 is 0 Å². The van der Waals surface area contributed by atoms with Gasteiger partial charge < -0.3 is 10.6 Å². The Morgan fingerprint density at radius 2 is 1.95 bits per heavy atom. The minimum Gasteiger partial charge on any atom is -0.399 e. The number of hydrogen-bond acceptors (Lipinski definition) is 2. The zero-order chi connectivity index (χ0) is 15.0. The molecule has 3 nitrogen and oxygen atoms in total. The zero-order valence-corrected chi connectivity index (χ0v) is 11.3. The Kier molecular flexibility index (Phi) is 3.33. The van der Waals surface area contributed by atoms with Gasteiger partial charge in [-0.15, -0.1) is 0 Å². The van der Waals surface area contributed by atoms with Gasteiger partial charge in [0.05, 0.1) is 5.56 Å². The first-order chi connectivity index (χ1) is 10.1. The van der Waals surface area contributed by atoms with Gasteiger partial charge in [-0.3, -0.25) is 4.79 Å². The second-order valence-corrected chi connectivity index (χ2v) is 5.07. The Morgan fingerprint density at radius 3 is 2.76 bits per heavy atom. The molecule has 0 bridgehead atoms. The van der Waals surface area contributed by atoms with Crippen LogP contribution >= 0.6 is 0 Å². The van der Waals surface area contributed by atoms with Gasteiger partial charge in [0.15, 0.2) is 0 Å². The van der Waals surface area contributed by atoms with Crippen molar-refractivity contribution in [2.45, 2.75) is 12.8 Å². The van der Waals surface area contributed by atoms with E-state index >= 15 is 0 Å². The van der Waals surface area contributed by atoms with Crippen LogP contribution in [0.4, 0.5) is 20.2 Å². The molecule has 0 aromatic heterocycles. The third-order valence-corrected chi connectivity index (χ3v) is 3.63. The predicted molar refractivity (Wildman–Crippen MR) is 77.2 cm³/mol. The van der Waals surface area contributed by atoms with E-state index in [1.54, 1.807) is 12.1 Å². The highest BCUT2D eigenvalue weighted by Gasteiger charge is 2.25. The van der Waals surface area contributed by atoms with Crippen molar-refractivity contribution >= 4 is 17.3 Å². The molecule has 5 heteroatoms. The molecule has 3 rings (SSSR count). The van der Waals surface area contributed by atoms with Crippen LogP contribution in [0, 0.1) is 11.6 Å². The third-order valence-electron chi connectivity index (χ3n) is 3.63. The quantitative estimate of drug-likeness (QED) is 0.819. The number of benzene rings is 2. The first kappa shape index (κ1) is 13.5. The molecule has 0 fully saturated rings. The number of carbonyl (C=O) groups is 1. The van der Waals surface area contributed by atoms with E-state index in [1.807, 2.05) is 6.07 Å². The summed E-state index contributed by atoms with van der Waals surface area (Å²) in [6, 6.07) is 8.17. The van der Waals surface area contributed by atoms with E-state index in [-0.39, 0.29) is 5.56 Å². The lowest BCUT2D eigenvalue weighted by Crippen LogP contribution is -2.36. The summed E-state index contributed by atoms with van der Waals surface area (Å²) >= 11 is 0. The number of nitrogens with zero attached hydrogens (tertiary/aromatic N) is 1. The molecule has 2 aromatic rings. The number of anilines is 2. The predicted octanol–water partition coefficient (Wildman–Crippen LogP) is 3.14. The minimum absolute atomic E-state index is 0.250. The molecular formula is C16H14F2N2O. The molecule has 1 aliphatic rings. The second kappa shape index (κ2) is 5.16. The lowest BCUT2D eigenvalue weighted by Gasteiger charge is -2.30. The molecular weight excluding hydrogens is 274 g/mol. The van der Waals surface area contributed by atoms with Gasteiger partial charge in [-0.25, -0.2) is 8.78 Å². The topological polar surface area (TPSA) is 46.3 Å². The molecule has 0 unspecified atom stereocenters. The SMILES string of the molecule is Nc1ccc2c(c1)CCCN2C(=O)c1cc(F)ccc1F. The highest BCUT2D eigenvalue weighted by molar-refractivity contribution is 6.07. The number of hydrogen-bond donors (Lipinski definition) is 1. The first-order valence-electron chi connectivity index (χ1n) is 6.71. The molecule has 108 valence electrons. The van der Waals surface area contributed by atoms with Crippen molar-refractivity contribution in [3.63, 3.8) is 0 Å². The van der Waals surface area contributed by atoms with E-state index in [0.717, 1.165) is 36.6 Å². The van der Waals surface area contributed by atoms with Gasteiger partial charge in [-0.05, 0) is 54.8 Å². The summed E-state index contributed by atoms with van der Waals surface area (Å²) in [5, 5.41) is 0. The third kappa shape index (κ3) is 2.46. The van der Waals surface area contributed by atoms with Gasteiger partial charge in [0, 0.05) is 17.9 Å². The van der Waals surface area contributed by atoms with E-state index < -0.39 is 17.5 Å². The van der Waals surface area contributed by atoms with Crippen LogP contribution in [0.3, 0.4) is 0 Å². The summed E-state index contributed by atoms with van der Waals surface area (Å²) in [5.41, 5.74) is 7.78. The molecule has 1 aliphatic heterocycles. The number of fused-ring (bicyclic) bond motifs is 1. The van der Waals surface area contributed by atoms with Crippen LogP contribution in [-0.4, -0.2) is 12.5 Å². The Bertz CT molecular complexity index is 715. The van der Waals surface area contributed by atoms with Gasteiger partial charge in [-0.1, -0.05) is 0 Å². The van der Waals surface area contributed by atoms with E-state index in [0.29, 0.717) is 17.9 Å². The van der Waals surface area contributed by atoms with Gasteiger partial charge in [0.25, 0.3) is 5.91 Å². The van der Waals surface area contributed by atoms with Gasteiger partial charge in [-0.2, -0.15) is 0 Å². The van der Waals surface area contributed by atoms with Crippen molar-refractivity contribution in [2.24, 2.45) is 0 Å². The monoisotopic (exact) mass is 288 g/mol. The standard InChI is InChI=1S/C16H14F2N2O/c17-11-3-5-14(18)13(9-11)16(21)20-7-1-2-10-8-12(19)4-6-15(10)20/h3-6,8-9H,1-2,7,19H2. The largest absolute Gasteiger partial charge is 0.399 e. The molecule has 0 aliphatic carbocycles. The van der Waals surface area contributed by atoms with Crippen LogP contribution in [0.25, 0.3) is 0 Å². The minimum atomic E-state index is -0.719. The van der Waals surface area contributed by atoms with Crippen LogP contribution in [0.5, 0.6) is 0 Å². The Hall–Kier alpha value is -2.43. The van der Waals surface area contributed by atoms with Crippen LogP contribution in [-0.2, 0) is 6.42 Å². The fraction of sp³-hybridized carbons (Fsp3) is 0.188.